The van der Waals surface area contributed by atoms with Crippen molar-refractivity contribution in [3.63, 3.8) is 0 Å². The van der Waals surface area contributed by atoms with Crippen LogP contribution in [0, 0.1) is 0 Å². The van der Waals surface area contributed by atoms with Crippen LogP contribution >= 0.6 is 0 Å². The van der Waals surface area contributed by atoms with Crippen LogP contribution in [-0.2, 0) is 6.61 Å². The Morgan fingerprint density at radius 2 is 1.62 bits per heavy atom. The van der Waals surface area contributed by atoms with E-state index in [0.717, 1.165) is 39.0 Å². The highest BCUT2D eigenvalue weighted by Crippen LogP contribution is 2.37. The average molecular weight is 340 g/mol. The molecule has 3 aromatic carbocycles. The average Bonchev–Trinajstić information content (AvgIpc) is 2.96. The standard InChI is InChI=1S/C22H16N2O2/c25-22-23-19-10-9-14(12-20(19)24-22)11-18-16-6-2-1-5-15(16)13-26-21-8-4-3-7-17(18)21/h1-12H,13H2,(H2,23,24,25)/b18-11+. The maximum absolute atomic E-state index is 11.5. The fraction of sp³-hybridized carbons (Fsp3) is 0.0455. The van der Waals surface area contributed by atoms with Crippen LogP contribution < -0.4 is 10.4 Å². The van der Waals surface area contributed by atoms with Crippen LogP contribution in [0.2, 0.25) is 0 Å². The summed E-state index contributed by atoms with van der Waals surface area (Å²) in [5, 5.41) is 0. The molecule has 1 aliphatic heterocycles. The lowest BCUT2D eigenvalue weighted by Crippen LogP contribution is -1.99. The Bertz CT molecular complexity index is 1160. The largest absolute Gasteiger partial charge is 0.488 e. The van der Waals surface area contributed by atoms with Crippen LogP contribution in [0.1, 0.15) is 22.3 Å². The molecule has 0 unspecified atom stereocenters. The Labute approximate surface area is 149 Å². The molecule has 0 spiro atoms. The molecule has 4 aromatic rings. The van der Waals surface area contributed by atoms with Crippen molar-refractivity contribution < 1.29 is 4.74 Å². The van der Waals surface area contributed by atoms with Gasteiger partial charge < -0.3 is 14.7 Å². The highest BCUT2D eigenvalue weighted by molar-refractivity contribution is 5.95. The number of rotatable bonds is 1. The van der Waals surface area contributed by atoms with Gasteiger partial charge in [0.25, 0.3) is 0 Å². The first-order valence-electron chi connectivity index (χ1n) is 8.52. The normalized spacial score (nSPS) is 14.5. The van der Waals surface area contributed by atoms with Crippen molar-refractivity contribution in [1.29, 1.82) is 0 Å². The van der Waals surface area contributed by atoms with Crippen molar-refractivity contribution in [3.05, 3.63) is 99.5 Å². The van der Waals surface area contributed by atoms with Crippen LogP contribution in [-0.4, -0.2) is 9.97 Å². The van der Waals surface area contributed by atoms with Crippen LogP contribution in [0.5, 0.6) is 5.75 Å². The summed E-state index contributed by atoms with van der Waals surface area (Å²) < 4.78 is 6.02. The van der Waals surface area contributed by atoms with Crippen molar-refractivity contribution in [2.45, 2.75) is 6.61 Å². The van der Waals surface area contributed by atoms with Crippen molar-refractivity contribution >= 4 is 22.7 Å². The SMILES string of the molecule is O=c1[nH]c2ccc(/C=C3\c4ccccc4COc4ccccc43)cc2[nH]1. The molecule has 0 bridgehead atoms. The topological polar surface area (TPSA) is 57.9 Å². The van der Waals surface area contributed by atoms with E-state index < -0.39 is 0 Å². The summed E-state index contributed by atoms with van der Waals surface area (Å²) in [6.07, 6.45) is 2.15. The molecule has 2 heterocycles. The molecule has 0 atom stereocenters. The molecule has 1 aliphatic rings. The summed E-state index contributed by atoms with van der Waals surface area (Å²) in [5.74, 6) is 0.881. The number of aromatic amines is 2. The van der Waals surface area contributed by atoms with E-state index in [-0.39, 0.29) is 5.69 Å². The van der Waals surface area contributed by atoms with Gasteiger partial charge in [0.15, 0.2) is 0 Å². The van der Waals surface area contributed by atoms with E-state index in [2.05, 4.69) is 34.2 Å². The zero-order valence-electron chi connectivity index (χ0n) is 14.0. The Balaban J connectivity index is 1.75. The second-order valence-electron chi connectivity index (χ2n) is 6.38. The number of ether oxygens (including phenoxy) is 1. The summed E-state index contributed by atoms with van der Waals surface area (Å²) in [5.41, 5.74) is 6.95. The third-order valence-corrected chi connectivity index (χ3v) is 4.72. The molecule has 2 N–H and O–H groups in total. The molecular formula is C22H16N2O2. The Morgan fingerprint density at radius 1 is 0.846 bits per heavy atom. The van der Waals surface area contributed by atoms with Gasteiger partial charge in [-0.05, 0) is 46.5 Å². The highest BCUT2D eigenvalue weighted by Gasteiger charge is 2.18. The number of aromatic nitrogens is 2. The number of hydrogen-bond acceptors (Lipinski definition) is 2. The minimum atomic E-state index is -0.191. The maximum Gasteiger partial charge on any atom is 0.323 e. The predicted octanol–water partition coefficient (Wildman–Crippen LogP) is 4.34. The molecule has 0 radical (unpaired) electrons. The Morgan fingerprint density at radius 3 is 2.54 bits per heavy atom. The van der Waals surface area contributed by atoms with Gasteiger partial charge in [0.1, 0.15) is 12.4 Å². The fourth-order valence-electron chi connectivity index (χ4n) is 3.49. The molecule has 0 fully saturated rings. The maximum atomic E-state index is 11.5. The summed E-state index contributed by atoms with van der Waals surface area (Å²) in [4.78, 5) is 17.1. The molecule has 4 nitrogen and oxygen atoms in total. The lowest BCUT2D eigenvalue weighted by Gasteiger charge is -2.10. The van der Waals surface area contributed by atoms with Gasteiger partial charge in [-0.2, -0.15) is 0 Å². The molecule has 5 rings (SSSR count). The molecule has 126 valence electrons. The van der Waals surface area contributed by atoms with E-state index >= 15 is 0 Å². The fourth-order valence-corrected chi connectivity index (χ4v) is 3.49. The zero-order valence-corrected chi connectivity index (χ0v) is 14.0. The van der Waals surface area contributed by atoms with Crippen molar-refractivity contribution in [3.8, 4) is 5.75 Å². The number of H-pyrrole nitrogens is 2. The predicted molar refractivity (Wildman–Crippen MR) is 103 cm³/mol. The minimum Gasteiger partial charge on any atom is -0.488 e. The third kappa shape index (κ3) is 2.43. The van der Waals surface area contributed by atoms with E-state index in [1.807, 2.05) is 48.5 Å². The molecule has 0 saturated heterocycles. The van der Waals surface area contributed by atoms with Gasteiger partial charge in [0.05, 0.1) is 11.0 Å². The summed E-state index contributed by atoms with van der Waals surface area (Å²) in [6, 6.07) is 22.3. The van der Waals surface area contributed by atoms with Crippen LogP contribution in [0.4, 0.5) is 0 Å². The first kappa shape index (κ1) is 14.8. The van der Waals surface area contributed by atoms with E-state index in [0.29, 0.717) is 6.61 Å². The second-order valence-corrected chi connectivity index (χ2v) is 6.38. The summed E-state index contributed by atoms with van der Waals surface area (Å²) in [6.45, 7) is 0.550. The quantitative estimate of drug-likeness (QED) is 0.542. The highest BCUT2D eigenvalue weighted by atomic mass is 16.5. The minimum absolute atomic E-state index is 0.191. The van der Waals surface area contributed by atoms with Gasteiger partial charge in [0.2, 0.25) is 0 Å². The smallest absolute Gasteiger partial charge is 0.323 e. The molecule has 4 heteroatoms. The Hall–Kier alpha value is -3.53. The van der Waals surface area contributed by atoms with Gasteiger partial charge in [0, 0.05) is 5.56 Å². The third-order valence-electron chi connectivity index (χ3n) is 4.72. The lowest BCUT2D eigenvalue weighted by molar-refractivity contribution is 0.307. The van der Waals surface area contributed by atoms with Crippen LogP contribution in [0.15, 0.2) is 71.5 Å². The van der Waals surface area contributed by atoms with Crippen molar-refractivity contribution in [2.24, 2.45) is 0 Å². The zero-order chi connectivity index (χ0) is 17.5. The van der Waals surface area contributed by atoms with E-state index in [1.165, 1.54) is 5.56 Å². The monoisotopic (exact) mass is 340 g/mol. The number of para-hydroxylation sites is 1. The Kier molecular flexibility index (Phi) is 3.28. The number of benzene rings is 3. The van der Waals surface area contributed by atoms with Gasteiger partial charge in [-0.15, -0.1) is 0 Å². The first-order chi connectivity index (χ1) is 12.8. The molecule has 0 saturated carbocycles. The summed E-state index contributed by atoms with van der Waals surface area (Å²) >= 11 is 0. The van der Waals surface area contributed by atoms with Gasteiger partial charge in [-0.1, -0.05) is 48.5 Å². The van der Waals surface area contributed by atoms with E-state index in [9.17, 15) is 4.79 Å². The van der Waals surface area contributed by atoms with Gasteiger partial charge in [-0.3, -0.25) is 0 Å². The van der Waals surface area contributed by atoms with Gasteiger partial charge in [-0.25, -0.2) is 4.79 Å². The molecule has 0 aliphatic carbocycles. The van der Waals surface area contributed by atoms with E-state index in [1.54, 1.807) is 0 Å². The number of hydrogen-bond donors (Lipinski definition) is 2. The number of fused-ring (bicyclic) bond motifs is 3. The molecule has 26 heavy (non-hydrogen) atoms. The van der Waals surface area contributed by atoms with Crippen molar-refractivity contribution in [1.82, 2.24) is 9.97 Å². The van der Waals surface area contributed by atoms with Crippen molar-refractivity contribution in [2.75, 3.05) is 0 Å². The first-order valence-corrected chi connectivity index (χ1v) is 8.52. The van der Waals surface area contributed by atoms with Crippen LogP contribution in [0.25, 0.3) is 22.7 Å². The summed E-state index contributed by atoms with van der Waals surface area (Å²) in [7, 11) is 0. The lowest BCUT2D eigenvalue weighted by atomic mass is 9.92. The number of nitrogens with one attached hydrogen (secondary N) is 2. The molecular weight excluding hydrogens is 324 g/mol. The number of imidazole rings is 1. The second kappa shape index (κ2) is 5.77. The van der Waals surface area contributed by atoms with Crippen LogP contribution in [0.3, 0.4) is 0 Å². The van der Waals surface area contributed by atoms with E-state index in [4.69, 9.17) is 4.74 Å². The van der Waals surface area contributed by atoms with Gasteiger partial charge >= 0.3 is 5.69 Å². The molecule has 1 aromatic heterocycles. The molecule has 0 amide bonds.